The molecule has 1 atom stereocenters. The van der Waals surface area contributed by atoms with Crippen molar-refractivity contribution in [2.24, 2.45) is 7.05 Å². The van der Waals surface area contributed by atoms with Gasteiger partial charge in [-0.1, -0.05) is 35.3 Å². The standard InChI is InChI=1S/C12H12Cl2N2O/c1-7-6-10(16(2)15-7)12(17)8-4-3-5-9(13)11(8)14/h3-6,12,17H,1-2H3. The van der Waals surface area contributed by atoms with Crippen molar-refractivity contribution in [2.75, 3.05) is 0 Å². The number of aromatic nitrogens is 2. The van der Waals surface area contributed by atoms with E-state index in [1.54, 1.807) is 29.9 Å². The highest BCUT2D eigenvalue weighted by molar-refractivity contribution is 6.42. The zero-order valence-electron chi connectivity index (χ0n) is 9.48. The van der Waals surface area contributed by atoms with Crippen LogP contribution in [0.3, 0.4) is 0 Å². The van der Waals surface area contributed by atoms with Crippen molar-refractivity contribution in [2.45, 2.75) is 13.0 Å². The molecule has 0 aliphatic carbocycles. The largest absolute Gasteiger partial charge is 0.382 e. The summed E-state index contributed by atoms with van der Waals surface area (Å²) in [6, 6.07) is 7.02. The molecular formula is C12H12Cl2N2O. The fraction of sp³-hybridized carbons (Fsp3) is 0.250. The van der Waals surface area contributed by atoms with Crippen LogP contribution in [0, 0.1) is 6.92 Å². The van der Waals surface area contributed by atoms with E-state index in [9.17, 15) is 5.11 Å². The van der Waals surface area contributed by atoms with Crippen molar-refractivity contribution < 1.29 is 5.11 Å². The Hall–Kier alpha value is -1.03. The topological polar surface area (TPSA) is 38.0 Å². The molecule has 0 aliphatic rings. The summed E-state index contributed by atoms with van der Waals surface area (Å²) in [4.78, 5) is 0. The van der Waals surface area contributed by atoms with Gasteiger partial charge in [-0.2, -0.15) is 5.10 Å². The maximum Gasteiger partial charge on any atom is 0.122 e. The summed E-state index contributed by atoms with van der Waals surface area (Å²) in [6.45, 7) is 1.87. The van der Waals surface area contributed by atoms with Gasteiger partial charge < -0.3 is 5.11 Å². The van der Waals surface area contributed by atoms with Crippen molar-refractivity contribution in [1.29, 1.82) is 0 Å². The van der Waals surface area contributed by atoms with Gasteiger partial charge in [-0.05, 0) is 19.1 Å². The van der Waals surface area contributed by atoms with Crippen LogP contribution in [0.1, 0.15) is 23.1 Å². The number of halogens is 2. The van der Waals surface area contributed by atoms with Crippen molar-refractivity contribution in [3.63, 3.8) is 0 Å². The molecule has 0 spiro atoms. The molecule has 1 unspecified atom stereocenters. The molecule has 1 N–H and O–H groups in total. The van der Waals surface area contributed by atoms with E-state index in [0.29, 0.717) is 21.3 Å². The van der Waals surface area contributed by atoms with E-state index in [-0.39, 0.29) is 0 Å². The Morgan fingerprint density at radius 1 is 1.35 bits per heavy atom. The molecule has 2 rings (SSSR count). The molecule has 0 amide bonds. The third kappa shape index (κ3) is 2.32. The maximum atomic E-state index is 10.3. The first-order valence-electron chi connectivity index (χ1n) is 5.13. The van der Waals surface area contributed by atoms with Crippen LogP contribution in [0.4, 0.5) is 0 Å². The lowest BCUT2D eigenvalue weighted by molar-refractivity contribution is 0.210. The third-order valence-electron chi connectivity index (χ3n) is 2.59. The van der Waals surface area contributed by atoms with Gasteiger partial charge in [-0.15, -0.1) is 0 Å². The number of aliphatic hydroxyl groups is 1. The minimum atomic E-state index is -0.826. The van der Waals surface area contributed by atoms with Crippen LogP contribution in [0.2, 0.25) is 10.0 Å². The van der Waals surface area contributed by atoms with E-state index in [1.165, 1.54) is 0 Å². The van der Waals surface area contributed by atoms with Crippen LogP contribution in [-0.2, 0) is 7.05 Å². The molecule has 0 radical (unpaired) electrons. The molecule has 0 saturated heterocycles. The predicted molar refractivity (Wildman–Crippen MR) is 68.5 cm³/mol. The van der Waals surface area contributed by atoms with Crippen molar-refractivity contribution in [3.05, 3.63) is 51.3 Å². The molecular weight excluding hydrogens is 259 g/mol. The maximum absolute atomic E-state index is 10.3. The molecule has 1 aromatic carbocycles. The van der Waals surface area contributed by atoms with Crippen LogP contribution in [0.15, 0.2) is 24.3 Å². The molecule has 1 aromatic heterocycles. The lowest BCUT2D eigenvalue weighted by Gasteiger charge is -2.13. The van der Waals surface area contributed by atoms with Crippen LogP contribution in [0.25, 0.3) is 0 Å². The summed E-state index contributed by atoms with van der Waals surface area (Å²) in [6.07, 6.45) is -0.826. The van der Waals surface area contributed by atoms with Gasteiger partial charge in [0.1, 0.15) is 6.10 Å². The normalized spacial score (nSPS) is 12.8. The Bertz CT molecular complexity index is 551. The Morgan fingerprint density at radius 3 is 2.65 bits per heavy atom. The molecule has 5 heteroatoms. The molecule has 0 saturated carbocycles. The second kappa shape index (κ2) is 4.69. The second-order valence-corrected chi connectivity index (χ2v) is 4.66. The molecule has 17 heavy (non-hydrogen) atoms. The van der Waals surface area contributed by atoms with E-state index < -0.39 is 6.10 Å². The highest BCUT2D eigenvalue weighted by Gasteiger charge is 2.19. The number of benzene rings is 1. The first kappa shape index (κ1) is 12.4. The van der Waals surface area contributed by atoms with Gasteiger partial charge in [0.2, 0.25) is 0 Å². The van der Waals surface area contributed by atoms with E-state index in [0.717, 1.165) is 5.69 Å². The number of nitrogens with zero attached hydrogens (tertiary/aromatic N) is 2. The van der Waals surface area contributed by atoms with Crippen molar-refractivity contribution in [3.8, 4) is 0 Å². The fourth-order valence-corrected chi connectivity index (χ4v) is 2.19. The van der Waals surface area contributed by atoms with Crippen molar-refractivity contribution >= 4 is 23.2 Å². The van der Waals surface area contributed by atoms with Gasteiger partial charge in [-0.3, -0.25) is 4.68 Å². The summed E-state index contributed by atoms with van der Waals surface area (Å²) in [5.74, 6) is 0. The summed E-state index contributed by atoms with van der Waals surface area (Å²) in [5.41, 5.74) is 2.12. The van der Waals surface area contributed by atoms with Gasteiger partial charge >= 0.3 is 0 Å². The predicted octanol–water partition coefficient (Wildman–Crippen LogP) is 3.12. The minimum Gasteiger partial charge on any atom is -0.382 e. The first-order valence-corrected chi connectivity index (χ1v) is 5.89. The Morgan fingerprint density at radius 2 is 2.06 bits per heavy atom. The summed E-state index contributed by atoms with van der Waals surface area (Å²) in [5, 5.41) is 15.3. The quantitative estimate of drug-likeness (QED) is 0.911. The average Bonchev–Trinajstić information content (AvgIpc) is 2.61. The highest BCUT2D eigenvalue weighted by atomic mass is 35.5. The van der Waals surface area contributed by atoms with Gasteiger partial charge in [0, 0.05) is 12.6 Å². The Kier molecular flexibility index (Phi) is 3.43. The fourth-order valence-electron chi connectivity index (χ4n) is 1.78. The van der Waals surface area contributed by atoms with Crippen LogP contribution in [0.5, 0.6) is 0 Å². The molecule has 3 nitrogen and oxygen atoms in total. The lowest BCUT2D eigenvalue weighted by atomic mass is 10.1. The monoisotopic (exact) mass is 270 g/mol. The smallest absolute Gasteiger partial charge is 0.122 e. The average molecular weight is 271 g/mol. The van der Waals surface area contributed by atoms with E-state index in [2.05, 4.69) is 5.10 Å². The SMILES string of the molecule is Cc1cc(C(O)c2cccc(Cl)c2Cl)n(C)n1. The Labute approximate surface area is 110 Å². The summed E-state index contributed by atoms with van der Waals surface area (Å²) >= 11 is 12.0. The zero-order valence-corrected chi connectivity index (χ0v) is 11.0. The molecule has 2 aromatic rings. The Balaban J connectivity index is 2.47. The molecule has 0 aliphatic heterocycles. The zero-order chi connectivity index (χ0) is 12.6. The van der Waals surface area contributed by atoms with Gasteiger partial charge in [0.15, 0.2) is 0 Å². The number of aliphatic hydroxyl groups excluding tert-OH is 1. The highest BCUT2D eigenvalue weighted by Crippen LogP contribution is 2.32. The lowest BCUT2D eigenvalue weighted by Crippen LogP contribution is -2.07. The first-order chi connectivity index (χ1) is 8.00. The van der Waals surface area contributed by atoms with E-state index in [1.807, 2.05) is 13.0 Å². The summed E-state index contributed by atoms with van der Waals surface area (Å²) < 4.78 is 1.64. The molecule has 0 bridgehead atoms. The van der Waals surface area contributed by atoms with Gasteiger partial charge in [0.25, 0.3) is 0 Å². The third-order valence-corrected chi connectivity index (χ3v) is 3.43. The van der Waals surface area contributed by atoms with Crippen LogP contribution >= 0.6 is 23.2 Å². The second-order valence-electron chi connectivity index (χ2n) is 3.88. The minimum absolute atomic E-state index is 0.375. The number of hydrogen-bond acceptors (Lipinski definition) is 2. The van der Waals surface area contributed by atoms with Crippen molar-refractivity contribution in [1.82, 2.24) is 9.78 Å². The number of hydrogen-bond donors (Lipinski definition) is 1. The van der Waals surface area contributed by atoms with E-state index in [4.69, 9.17) is 23.2 Å². The van der Waals surface area contributed by atoms with Gasteiger partial charge in [0.05, 0.1) is 21.4 Å². The van der Waals surface area contributed by atoms with E-state index >= 15 is 0 Å². The molecule has 0 fully saturated rings. The summed E-state index contributed by atoms with van der Waals surface area (Å²) in [7, 11) is 1.78. The molecule has 1 heterocycles. The van der Waals surface area contributed by atoms with Gasteiger partial charge in [-0.25, -0.2) is 0 Å². The number of aryl methyl sites for hydroxylation is 2. The number of rotatable bonds is 2. The molecule has 90 valence electrons. The van der Waals surface area contributed by atoms with Crippen LogP contribution < -0.4 is 0 Å². The van der Waals surface area contributed by atoms with Crippen LogP contribution in [-0.4, -0.2) is 14.9 Å².